The third kappa shape index (κ3) is 3.65. The van der Waals surface area contributed by atoms with Crippen LogP contribution in [0.2, 0.25) is 5.02 Å². The maximum Gasteiger partial charge on any atom is 0.332 e. The van der Waals surface area contributed by atoms with Crippen molar-refractivity contribution in [1.82, 2.24) is 5.32 Å². The molecule has 1 saturated heterocycles. The summed E-state index contributed by atoms with van der Waals surface area (Å²) < 4.78 is 19.8. The molecule has 1 amide bonds. The summed E-state index contributed by atoms with van der Waals surface area (Å²) >= 11 is 5.93. The Hall–Kier alpha value is -1.66. The molecule has 1 heterocycles. The van der Waals surface area contributed by atoms with E-state index in [0.29, 0.717) is 24.9 Å². The van der Waals surface area contributed by atoms with Crippen LogP contribution in [0, 0.1) is 5.82 Å². The third-order valence-electron chi connectivity index (χ3n) is 5.27. The Labute approximate surface area is 150 Å². The van der Waals surface area contributed by atoms with Crippen molar-refractivity contribution in [2.24, 2.45) is 0 Å². The second-order valence-corrected chi connectivity index (χ2v) is 7.24. The molecule has 2 fully saturated rings. The molecule has 1 saturated carbocycles. The van der Waals surface area contributed by atoms with E-state index < -0.39 is 29.4 Å². The number of carbonyl (C=O) groups excluding carboxylic acids is 1. The van der Waals surface area contributed by atoms with Crippen molar-refractivity contribution in [3.63, 3.8) is 0 Å². The van der Waals surface area contributed by atoms with Gasteiger partial charge < -0.3 is 15.2 Å². The number of hydrogen-bond donors (Lipinski definition) is 2. The summed E-state index contributed by atoms with van der Waals surface area (Å²) in [4.78, 5) is 23.3. The highest BCUT2D eigenvalue weighted by Gasteiger charge is 2.40. The Morgan fingerprint density at radius 1 is 1.28 bits per heavy atom. The Bertz CT molecular complexity index is 675. The number of carboxylic acids is 1. The average molecular weight is 370 g/mol. The fourth-order valence-corrected chi connectivity index (χ4v) is 4.06. The molecule has 1 aliphatic carbocycles. The van der Waals surface area contributed by atoms with E-state index in [-0.39, 0.29) is 10.9 Å². The lowest BCUT2D eigenvalue weighted by molar-refractivity contribution is -0.151. The number of hydrogen-bond acceptors (Lipinski definition) is 3. The molecule has 25 heavy (non-hydrogen) atoms. The van der Waals surface area contributed by atoms with Crippen LogP contribution < -0.4 is 5.32 Å². The minimum atomic E-state index is -1.05. The van der Waals surface area contributed by atoms with Crippen LogP contribution in [-0.2, 0) is 19.7 Å². The molecule has 1 aliphatic heterocycles. The number of rotatable bonds is 5. The van der Waals surface area contributed by atoms with Crippen molar-refractivity contribution in [2.45, 2.75) is 56.1 Å². The van der Waals surface area contributed by atoms with E-state index >= 15 is 0 Å². The molecule has 2 N–H and O–H groups in total. The molecule has 0 aromatic heterocycles. The van der Waals surface area contributed by atoms with Gasteiger partial charge in [0.15, 0.2) is 6.10 Å². The molecule has 2 atom stereocenters. The minimum Gasteiger partial charge on any atom is -0.479 e. The minimum absolute atomic E-state index is 0.0820. The van der Waals surface area contributed by atoms with Gasteiger partial charge in [-0.2, -0.15) is 0 Å². The quantitative estimate of drug-likeness (QED) is 0.836. The monoisotopic (exact) mass is 369 g/mol. The van der Waals surface area contributed by atoms with Crippen LogP contribution >= 0.6 is 11.6 Å². The first-order valence-corrected chi connectivity index (χ1v) is 8.91. The van der Waals surface area contributed by atoms with Crippen molar-refractivity contribution in [2.75, 3.05) is 6.54 Å². The van der Waals surface area contributed by atoms with E-state index in [1.54, 1.807) is 12.1 Å². The second kappa shape index (κ2) is 7.30. The highest BCUT2D eigenvalue weighted by Crippen LogP contribution is 2.42. The number of nitrogens with one attached hydrogen (secondary N) is 1. The molecular formula is C18H21ClFNO4. The number of carboxylic acid groups (broad SMARTS) is 1. The van der Waals surface area contributed by atoms with Gasteiger partial charge in [-0.1, -0.05) is 36.6 Å². The van der Waals surface area contributed by atoms with Gasteiger partial charge in [-0.25, -0.2) is 9.18 Å². The van der Waals surface area contributed by atoms with Gasteiger partial charge in [0.05, 0.1) is 5.02 Å². The topological polar surface area (TPSA) is 75.6 Å². The van der Waals surface area contributed by atoms with Crippen molar-refractivity contribution >= 4 is 23.5 Å². The normalized spacial score (nSPS) is 25.0. The molecule has 1 aromatic carbocycles. The lowest BCUT2D eigenvalue weighted by Crippen LogP contribution is -2.43. The first-order valence-electron chi connectivity index (χ1n) is 8.53. The van der Waals surface area contributed by atoms with Crippen LogP contribution in [0.25, 0.3) is 0 Å². The maximum atomic E-state index is 14.5. The highest BCUT2D eigenvalue weighted by molar-refractivity contribution is 6.30. The van der Waals surface area contributed by atoms with Gasteiger partial charge in [-0.15, -0.1) is 0 Å². The Balaban J connectivity index is 1.70. The first kappa shape index (κ1) is 18.1. The van der Waals surface area contributed by atoms with Crippen molar-refractivity contribution in [1.29, 1.82) is 0 Å². The smallest absolute Gasteiger partial charge is 0.332 e. The fourth-order valence-electron chi connectivity index (χ4n) is 3.89. The Morgan fingerprint density at radius 3 is 2.60 bits per heavy atom. The van der Waals surface area contributed by atoms with Gasteiger partial charge in [0.25, 0.3) is 0 Å². The first-order chi connectivity index (χ1) is 11.9. The molecular weight excluding hydrogens is 349 g/mol. The number of benzene rings is 1. The third-order valence-corrected chi connectivity index (χ3v) is 5.56. The molecule has 7 heteroatoms. The van der Waals surface area contributed by atoms with Gasteiger partial charge in [-0.3, -0.25) is 4.79 Å². The number of carbonyl (C=O) groups is 2. The van der Waals surface area contributed by atoms with E-state index in [0.717, 1.165) is 25.7 Å². The predicted molar refractivity (Wildman–Crippen MR) is 90.1 cm³/mol. The van der Waals surface area contributed by atoms with Gasteiger partial charge >= 0.3 is 5.97 Å². The zero-order chi connectivity index (χ0) is 18.0. The molecule has 3 rings (SSSR count). The molecule has 0 spiro atoms. The van der Waals surface area contributed by atoms with E-state index in [9.17, 15) is 14.0 Å². The lowest BCUT2D eigenvalue weighted by Gasteiger charge is -2.31. The molecule has 1 aromatic rings. The summed E-state index contributed by atoms with van der Waals surface area (Å²) in [5, 5.41) is 11.9. The molecule has 0 unspecified atom stereocenters. The largest absolute Gasteiger partial charge is 0.479 e. The van der Waals surface area contributed by atoms with E-state index in [4.69, 9.17) is 21.4 Å². The lowest BCUT2D eigenvalue weighted by atomic mass is 9.78. The van der Waals surface area contributed by atoms with Crippen LogP contribution in [-0.4, -0.2) is 35.7 Å². The molecule has 0 radical (unpaired) electrons. The molecule has 0 bridgehead atoms. The van der Waals surface area contributed by atoms with Crippen LogP contribution in [0.5, 0.6) is 0 Å². The zero-order valence-corrected chi connectivity index (χ0v) is 14.5. The average Bonchev–Trinajstić information content (AvgIpc) is 3.25. The molecule has 5 nitrogen and oxygen atoms in total. The highest BCUT2D eigenvalue weighted by atomic mass is 35.5. The fraction of sp³-hybridized carbons (Fsp3) is 0.556. The Morgan fingerprint density at radius 2 is 1.96 bits per heavy atom. The number of halogens is 2. The van der Waals surface area contributed by atoms with Gasteiger partial charge in [0.1, 0.15) is 11.9 Å². The summed E-state index contributed by atoms with van der Waals surface area (Å²) in [6, 6.07) is 4.96. The molecule has 136 valence electrons. The van der Waals surface area contributed by atoms with Crippen LogP contribution in [0.3, 0.4) is 0 Å². The predicted octanol–water partition coefficient (Wildman–Crippen LogP) is 3.04. The van der Waals surface area contributed by atoms with E-state index in [2.05, 4.69) is 5.32 Å². The van der Waals surface area contributed by atoms with Crippen LogP contribution in [0.15, 0.2) is 18.2 Å². The standard InChI is InChI=1S/C18H21ClFNO4/c19-12-5-3-4-11(15(12)20)18(8-1-2-9-18)10-21-16(22)13-6-7-14(25-13)17(23)24/h3-5,13-14H,1-2,6-10H2,(H,21,22)(H,23,24)/t13-,14+/m0/s1. The van der Waals surface area contributed by atoms with Crippen LogP contribution in [0.1, 0.15) is 44.1 Å². The Kier molecular flexibility index (Phi) is 5.29. The van der Waals surface area contributed by atoms with Gasteiger partial charge in [0, 0.05) is 12.0 Å². The summed E-state index contributed by atoms with van der Waals surface area (Å²) in [7, 11) is 0. The summed E-state index contributed by atoms with van der Waals surface area (Å²) in [5.74, 6) is -1.82. The van der Waals surface area contributed by atoms with Crippen LogP contribution in [0.4, 0.5) is 4.39 Å². The maximum absolute atomic E-state index is 14.5. The molecule has 2 aliphatic rings. The van der Waals surface area contributed by atoms with Crippen molar-refractivity contribution < 1.29 is 23.8 Å². The van der Waals surface area contributed by atoms with Crippen molar-refractivity contribution in [3.05, 3.63) is 34.6 Å². The number of amides is 1. The summed E-state index contributed by atoms with van der Waals surface area (Å²) in [6.07, 6.45) is 2.47. The van der Waals surface area contributed by atoms with E-state index in [1.807, 2.05) is 0 Å². The number of aliphatic carboxylic acids is 1. The van der Waals surface area contributed by atoms with Crippen molar-refractivity contribution in [3.8, 4) is 0 Å². The zero-order valence-electron chi connectivity index (χ0n) is 13.8. The SMILES string of the molecule is O=C(NCC1(c2cccc(Cl)c2F)CCCC1)[C@@H]1CC[C@H](C(=O)O)O1. The summed E-state index contributed by atoms with van der Waals surface area (Å²) in [5.41, 5.74) is 0.0590. The van der Waals surface area contributed by atoms with E-state index in [1.165, 1.54) is 6.07 Å². The second-order valence-electron chi connectivity index (χ2n) is 6.84. The summed E-state index contributed by atoms with van der Waals surface area (Å²) in [6.45, 7) is 0.292. The van der Waals surface area contributed by atoms with Gasteiger partial charge in [-0.05, 0) is 37.3 Å². The van der Waals surface area contributed by atoms with Gasteiger partial charge in [0.2, 0.25) is 5.91 Å². The number of ether oxygens (including phenoxy) is 1.